The molecule has 0 unspecified atom stereocenters. The molecule has 0 spiro atoms. The second-order valence-electron chi connectivity index (χ2n) is 8.58. The molecule has 3 aromatic carbocycles. The first-order valence-corrected chi connectivity index (χ1v) is 13.0. The number of carbonyl (C=O) groups is 1. The predicted octanol–water partition coefficient (Wildman–Crippen LogP) is 4.81. The Kier molecular flexibility index (Phi) is 8.87. The van der Waals surface area contributed by atoms with Crippen LogP contribution in [0.2, 0.25) is 0 Å². The topological polar surface area (TPSA) is 67.4 Å². The van der Waals surface area contributed by atoms with Crippen LogP contribution < -0.4 is 25.8 Å². The normalized spacial score (nSPS) is 13.3. The van der Waals surface area contributed by atoms with Crippen LogP contribution in [-0.2, 0) is 9.36 Å². The summed E-state index contributed by atoms with van der Waals surface area (Å²) in [5.41, 5.74) is 0.979. The molecular formula is C27H33N2O3P. The van der Waals surface area contributed by atoms with Gasteiger partial charge in [-0.2, -0.15) is 0 Å². The Bertz CT molecular complexity index is 996. The van der Waals surface area contributed by atoms with Gasteiger partial charge in [0.1, 0.15) is 5.75 Å². The summed E-state index contributed by atoms with van der Waals surface area (Å²) in [6.07, 6.45) is 2.15. The standard InChI is InChI=1S/C27H33N2O3P/c1-21(2)18-23(19-27(28-20-30)22-14-16-24(32-3)17-15-22)29-33(31,25-10-6-4-7-11-25)26-12-8-5-9-13-26/h4-17,20-21,23,27H,18-19H2,1-3H3,(H,28,30)(H,29,31)/t23-,27+/m1/s1. The Morgan fingerprint density at radius 2 is 1.39 bits per heavy atom. The van der Waals surface area contributed by atoms with Crippen molar-refractivity contribution >= 4 is 24.3 Å². The Morgan fingerprint density at radius 1 is 0.848 bits per heavy atom. The van der Waals surface area contributed by atoms with Crippen molar-refractivity contribution in [2.45, 2.75) is 38.8 Å². The quantitative estimate of drug-likeness (QED) is 0.298. The molecule has 0 fully saturated rings. The molecule has 0 bridgehead atoms. The molecule has 0 aliphatic heterocycles. The summed E-state index contributed by atoms with van der Waals surface area (Å²) in [7, 11) is -1.47. The summed E-state index contributed by atoms with van der Waals surface area (Å²) in [6, 6.07) is 26.6. The minimum atomic E-state index is -3.10. The van der Waals surface area contributed by atoms with E-state index in [1.54, 1.807) is 7.11 Å². The van der Waals surface area contributed by atoms with Crippen molar-refractivity contribution in [3.63, 3.8) is 0 Å². The molecule has 33 heavy (non-hydrogen) atoms. The van der Waals surface area contributed by atoms with Crippen molar-refractivity contribution in [2.75, 3.05) is 7.11 Å². The molecule has 0 aromatic heterocycles. The highest BCUT2D eigenvalue weighted by atomic mass is 31.2. The number of hydrogen-bond donors (Lipinski definition) is 2. The van der Waals surface area contributed by atoms with Gasteiger partial charge in [0.15, 0.2) is 0 Å². The molecule has 0 aliphatic rings. The summed E-state index contributed by atoms with van der Waals surface area (Å²) >= 11 is 0. The lowest BCUT2D eigenvalue weighted by molar-refractivity contribution is -0.110. The number of hydrogen-bond acceptors (Lipinski definition) is 3. The molecule has 0 saturated heterocycles. The van der Waals surface area contributed by atoms with Crippen LogP contribution in [0.1, 0.15) is 38.3 Å². The zero-order valence-electron chi connectivity index (χ0n) is 19.5. The fraction of sp³-hybridized carbons (Fsp3) is 0.296. The van der Waals surface area contributed by atoms with Crippen LogP contribution in [0.15, 0.2) is 84.9 Å². The van der Waals surface area contributed by atoms with Gasteiger partial charge in [0.25, 0.3) is 0 Å². The van der Waals surface area contributed by atoms with E-state index in [9.17, 15) is 9.36 Å². The summed E-state index contributed by atoms with van der Waals surface area (Å²) in [6.45, 7) is 4.31. The van der Waals surface area contributed by atoms with Crippen molar-refractivity contribution in [1.29, 1.82) is 0 Å². The summed E-state index contributed by atoms with van der Waals surface area (Å²) in [5, 5.41) is 8.05. The number of methoxy groups -OCH3 is 1. The second kappa shape index (κ2) is 11.8. The van der Waals surface area contributed by atoms with Crippen LogP contribution in [0.3, 0.4) is 0 Å². The van der Waals surface area contributed by atoms with Gasteiger partial charge in [0, 0.05) is 16.7 Å². The summed E-state index contributed by atoms with van der Waals surface area (Å²) < 4.78 is 19.8. The van der Waals surface area contributed by atoms with E-state index in [0.29, 0.717) is 12.3 Å². The Labute approximate surface area is 197 Å². The van der Waals surface area contributed by atoms with E-state index in [4.69, 9.17) is 4.74 Å². The van der Waals surface area contributed by atoms with Crippen LogP contribution in [-0.4, -0.2) is 19.6 Å². The van der Waals surface area contributed by atoms with Crippen LogP contribution in [0.4, 0.5) is 0 Å². The largest absolute Gasteiger partial charge is 0.497 e. The molecular weight excluding hydrogens is 431 g/mol. The van der Waals surface area contributed by atoms with Gasteiger partial charge >= 0.3 is 0 Å². The Balaban J connectivity index is 1.95. The minimum absolute atomic E-state index is 0.0872. The molecule has 0 heterocycles. The third-order valence-corrected chi connectivity index (χ3v) is 8.45. The van der Waals surface area contributed by atoms with Gasteiger partial charge < -0.3 is 10.1 Å². The Hall–Kier alpha value is -2.88. The lowest BCUT2D eigenvalue weighted by Gasteiger charge is -2.31. The first kappa shape index (κ1) is 24.8. The molecule has 5 nitrogen and oxygen atoms in total. The fourth-order valence-corrected chi connectivity index (χ4v) is 6.61. The van der Waals surface area contributed by atoms with Crippen LogP contribution >= 0.6 is 7.29 Å². The maximum atomic E-state index is 14.6. The van der Waals surface area contributed by atoms with Gasteiger partial charge in [0.05, 0.1) is 13.2 Å². The molecule has 0 radical (unpaired) electrons. The van der Waals surface area contributed by atoms with E-state index in [2.05, 4.69) is 24.3 Å². The molecule has 0 saturated carbocycles. The first-order valence-electron chi connectivity index (χ1n) is 11.3. The van der Waals surface area contributed by atoms with E-state index in [1.807, 2.05) is 84.9 Å². The third-order valence-electron chi connectivity index (χ3n) is 5.67. The number of carbonyl (C=O) groups excluding carboxylic acids is 1. The second-order valence-corrected chi connectivity index (χ2v) is 11.1. The highest BCUT2D eigenvalue weighted by molar-refractivity contribution is 7.76. The van der Waals surface area contributed by atoms with Crippen LogP contribution in [0.25, 0.3) is 0 Å². The van der Waals surface area contributed by atoms with Gasteiger partial charge in [-0.25, -0.2) is 0 Å². The fourth-order valence-electron chi connectivity index (χ4n) is 4.10. The maximum absolute atomic E-state index is 14.6. The number of ether oxygens (including phenoxy) is 1. The number of nitrogens with one attached hydrogen (secondary N) is 2. The van der Waals surface area contributed by atoms with Crippen LogP contribution in [0, 0.1) is 5.92 Å². The van der Waals surface area contributed by atoms with E-state index in [0.717, 1.165) is 34.8 Å². The Morgan fingerprint density at radius 3 is 1.85 bits per heavy atom. The van der Waals surface area contributed by atoms with Gasteiger partial charge in [-0.15, -0.1) is 0 Å². The van der Waals surface area contributed by atoms with Gasteiger partial charge in [-0.1, -0.05) is 62.4 Å². The monoisotopic (exact) mass is 464 g/mol. The van der Waals surface area contributed by atoms with E-state index in [-0.39, 0.29) is 12.1 Å². The minimum Gasteiger partial charge on any atom is -0.497 e. The summed E-state index contributed by atoms with van der Waals surface area (Å²) in [4.78, 5) is 11.4. The van der Waals surface area contributed by atoms with Crippen molar-refractivity contribution in [3.8, 4) is 5.75 Å². The molecule has 2 atom stereocenters. The van der Waals surface area contributed by atoms with Gasteiger partial charge in [-0.05, 0) is 60.7 Å². The highest BCUT2D eigenvalue weighted by Gasteiger charge is 2.31. The van der Waals surface area contributed by atoms with Crippen molar-refractivity contribution in [3.05, 3.63) is 90.5 Å². The average molecular weight is 465 g/mol. The lowest BCUT2D eigenvalue weighted by atomic mass is 9.94. The maximum Gasteiger partial charge on any atom is 0.207 e. The van der Waals surface area contributed by atoms with Crippen molar-refractivity contribution in [2.24, 2.45) is 5.92 Å². The molecule has 174 valence electrons. The predicted molar refractivity (Wildman–Crippen MR) is 136 cm³/mol. The first-order chi connectivity index (χ1) is 16.0. The average Bonchev–Trinajstić information content (AvgIpc) is 2.84. The molecule has 0 aliphatic carbocycles. The molecule has 6 heteroatoms. The van der Waals surface area contributed by atoms with E-state index < -0.39 is 7.29 Å². The zero-order valence-corrected chi connectivity index (χ0v) is 20.4. The molecule has 3 rings (SSSR count). The van der Waals surface area contributed by atoms with Gasteiger partial charge in [-0.3, -0.25) is 14.4 Å². The SMILES string of the molecule is COc1ccc([C@H](C[C@@H](CC(C)C)NP(=O)(c2ccccc2)c2ccccc2)NC=O)cc1. The lowest BCUT2D eigenvalue weighted by Crippen LogP contribution is -2.38. The van der Waals surface area contributed by atoms with Crippen LogP contribution in [0.5, 0.6) is 5.75 Å². The zero-order chi connectivity index (χ0) is 23.7. The van der Waals surface area contributed by atoms with Crippen molar-refractivity contribution < 1.29 is 14.1 Å². The van der Waals surface area contributed by atoms with Gasteiger partial charge in [0.2, 0.25) is 13.7 Å². The number of rotatable bonds is 12. The number of benzene rings is 3. The highest BCUT2D eigenvalue weighted by Crippen LogP contribution is 2.41. The van der Waals surface area contributed by atoms with Crippen molar-refractivity contribution in [1.82, 2.24) is 10.4 Å². The van der Waals surface area contributed by atoms with E-state index >= 15 is 0 Å². The third kappa shape index (κ3) is 6.56. The summed E-state index contributed by atoms with van der Waals surface area (Å²) in [5.74, 6) is 1.15. The molecule has 1 amide bonds. The molecule has 2 N–H and O–H groups in total. The number of amides is 1. The van der Waals surface area contributed by atoms with E-state index in [1.165, 1.54) is 0 Å². The smallest absolute Gasteiger partial charge is 0.207 e. The molecule has 3 aromatic rings.